The lowest BCUT2D eigenvalue weighted by Gasteiger charge is -1.99. The highest BCUT2D eigenvalue weighted by Crippen LogP contribution is 2.24. The Kier molecular flexibility index (Phi) is 3.34. The number of halogens is 1. The van der Waals surface area contributed by atoms with Crippen molar-refractivity contribution in [1.82, 2.24) is 4.98 Å². The molecule has 0 radical (unpaired) electrons. The third-order valence-corrected chi connectivity index (χ3v) is 3.74. The molecule has 2 rings (SSSR count). The molecule has 1 nitrogen and oxygen atoms in total. The average Bonchev–Trinajstić information content (AvgIpc) is 2.70. The fourth-order valence-electron chi connectivity index (χ4n) is 1.48. The second kappa shape index (κ2) is 4.74. The minimum absolute atomic E-state index is 0.149. The molecule has 0 N–H and O–H groups in total. The van der Waals surface area contributed by atoms with Gasteiger partial charge < -0.3 is 0 Å². The largest absolute Gasteiger partial charge is 0.249 e. The van der Waals surface area contributed by atoms with Crippen LogP contribution in [-0.2, 0) is 6.42 Å². The Labute approximate surface area is 99.0 Å². The number of hydrogen-bond acceptors (Lipinski definition) is 2. The van der Waals surface area contributed by atoms with Gasteiger partial charge in [-0.2, -0.15) is 0 Å². The zero-order valence-corrected chi connectivity index (χ0v) is 10.2. The van der Waals surface area contributed by atoms with Gasteiger partial charge in [-0.15, -0.1) is 11.3 Å². The number of thiazole rings is 1. The van der Waals surface area contributed by atoms with Gasteiger partial charge in [0.25, 0.3) is 0 Å². The molecular formula is C13H14FNS. The first kappa shape index (κ1) is 11.3. The first-order valence-corrected chi connectivity index (χ1v) is 6.16. The average molecular weight is 235 g/mol. The van der Waals surface area contributed by atoms with Crippen LogP contribution in [0.5, 0.6) is 0 Å². The Bertz CT molecular complexity index is 476. The van der Waals surface area contributed by atoms with E-state index in [4.69, 9.17) is 0 Å². The van der Waals surface area contributed by atoms with Gasteiger partial charge >= 0.3 is 0 Å². The Morgan fingerprint density at radius 3 is 2.69 bits per heavy atom. The smallest absolute Gasteiger partial charge is 0.126 e. The van der Waals surface area contributed by atoms with Crippen molar-refractivity contribution in [3.05, 3.63) is 51.7 Å². The molecule has 0 amide bonds. The van der Waals surface area contributed by atoms with Crippen LogP contribution in [0, 0.1) is 5.82 Å². The van der Waals surface area contributed by atoms with Gasteiger partial charge in [-0.1, -0.05) is 32.0 Å². The molecule has 3 heteroatoms. The fourth-order valence-corrected chi connectivity index (χ4v) is 2.42. The van der Waals surface area contributed by atoms with Crippen LogP contribution < -0.4 is 0 Å². The van der Waals surface area contributed by atoms with Crippen LogP contribution in [0.15, 0.2) is 30.5 Å². The summed E-state index contributed by atoms with van der Waals surface area (Å²) in [5.74, 6) is 0.343. The molecule has 0 spiro atoms. The van der Waals surface area contributed by atoms with E-state index in [0.717, 1.165) is 5.01 Å². The molecule has 0 unspecified atom stereocenters. The summed E-state index contributed by atoms with van der Waals surface area (Å²) in [7, 11) is 0. The minimum atomic E-state index is -0.149. The molecule has 0 saturated heterocycles. The van der Waals surface area contributed by atoms with Gasteiger partial charge in [0.2, 0.25) is 0 Å². The number of nitrogens with zero attached hydrogens (tertiary/aromatic N) is 1. The van der Waals surface area contributed by atoms with E-state index in [0.29, 0.717) is 17.9 Å². The fraction of sp³-hybridized carbons (Fsp3) is 0.308. The molecule has 0 aliphatic carbocycles. The Hall–Kier alpha value is -1.22. The molecule has 0 bridgehead atoms. The highest BCUT2D eigenvalue weighted by Gasteiger charge is 2.08. The van der Waals surface area contributed by atoms with E-state index in [2.05, 4.69) is 18.8 Å². The van der Waals surface area contributed by atoms with Crippen molar-refractivity contribution in [2.24, 2.45) is 0 Å². The van der Waals surface area contributed by atoms with Gasteiger partial charge in [-0.25, -0.2) is 9.37 Å². The lowest BCUT2D eigenvalue weighted by Crippen LogP contribution is -1.90. The van der Waals surface area contributed by atoms with Crippen molar-refractivity contribution in [3.8, 4) is 0 Å². The molecule has 1 aromatic carbocycles. The summed E-state index contributed by atoms with van der Waals surface area (Å²) >= 11 is 1.67. The predicted octanol–water partition coefficient (Wildman–Crippen LogP) is 4.00. The van der Waals surface area contributed by atoms with Crippen LogP contribution in [0.4, 0.5) is 4.39 Å². The predicted molar refractivity (Wildman–Crippen MR) is 65.4 cm³/mol. The van der Waals surface area contributed by atoms with E-state index >= 15 is 0 Å². The summed E-state index contributed by atoms with van der Waals surface area (Å²) in [6, 6.07) is 6.87. The van der Waals surface area contributed by atoms with E-state index in [-0.39, 0.29) is 5.82 Å². The first-order chi connectivity index (χ1) is 7.66. The van der Waals surface area contributed by atoms with E-state index in [1.54, 1.807) is 17.4 Å². The Morgan fingerprint density at radius 2 is 2.06 bits per heavy atom. The van der Waals surface area contributed by atoms with E-state index in [1.807, 2.05) is 18.3 Å². The molecule has 0 aliphatic rings. The van der Waals surface area contributed by atoms with Crippen LogP contribution in [0.1, 0.15) is 35.2 Å². The molecule has 0 atom stereocenters. The van der Waals surface area contributed by atoms with Crippen molar-refractivity contribution in [3.63, 3.8) is 0 Å². The van der Waals surface area contributed by atoms with Gasteiger partial charge in [0.15, 0.2) is 0 Å². The van der Waals surface area contributed by atoms with Crippen molar-refractivity contribution >= 4 is 11.3 Å². The van der Waals surface area contributed by atoms with Gasteiger partial charge in [0.1, 0.15) is 5.82 Å². The summed E-state index contributed by atoms with van der Waals surface area (Å²) in [6.07, 6.45) is 2.48. The van der Waals surface area contributed by atoms with Gasteiger partial charge in [-0.3, -0.25) is 0 Å². The molecular weight excluding hydrogens is 221 g/mol. The van der Waals surface area contributed by atoms with Crippen molar-refractivity contribution in [2.75, 3.05) is 0 Å². The molecule has 2 aromatic rings. The third-order valence-electron chi connectivity index (χ3n) is 2.44. The second-order valence-electron chi connectivity index (χ2n) is 4.08. The Balaban J connectivity index is 2.18. The van der Waals surface area contributed by atoms with Crippen LogP contribution in [-0.4, -0.2) is 4.98 Å². The number of aromatic nitrogens is 1. The van der Waals surface area contributed by atoms with Gasteiger partial charge in [-0.05, 0) is 17.5 Å². The molecule has 1 aromatic heterocycles. The second-order valence-corrected chi connectivity index (χ2v) is 5.23. The molecule has 1 heterocycles. The number of rotatable bonds is 3. The Morgan fingerprint density at radius 1 is 1.31 bits per heavy atom. The van der Waals surface area contributed by atoms with E-state index < -0.39 is 0 Å². The SMILES string of the molecule is CC(C)c1cnc(Cc2ccccc2F)s1. The highest BCUT2D eigenvalue weighted by molar-refractivity contribution is 7.11. The number of hydrogen-bond donors (Lipinski definition) is 0. The minimum Gasteiger partial charge on any atom is -0.249 e. The van der Waals surface area contributed by atoms with Crippen molar-refractivity contribution in [1.29, 1.82) is 0 Å². The van der Waals surface area contributed by atoms with E-state index in [9.17, 15) is 4.39 Å². The monoisotopic (exact) mass is 235 g/mol. The lowest BCUT2D eigenvalue weighted by molar-refractivity contribution is 0.614. The lowest BCUT2D eigenvalue weighted by atomic mass is 10.1. The van der Waals surface area contributed by atoms with Gasteiger partial charge in [0.05, 0.1) is 5.01 Å². The zero-order chi connectivity index (χ0) is 11.5. The topological polar surface area (TPSA) is 12.9 Å². The molecule has 16 heavy (non-hydrogen) atoms. The first-order valence-electron chi connectivity index (χ1n) is 5.35. The van der Waals surface area contributed by atoms with Crippen LogP contribution in [0.25, 0.3) is 0 Å². The summed E-state index contributed by atoms with van der Waals surface area (Å²) in [6.45, 7) is 4.28. The standard InChI is InChI=1S/C13H14FNS/c1-9(2)12-8-15-13(16-12)7-10-5-3-4-6-11(10)14/h3-6,8-9H,7H2,1-2H3. The zero-order valence-electron chi connectivity index (χ0n) is 9.40. The maximum absolute atomic E-state index is 13.4. The summed E-state index contributed by atoms with van der Waals surface area (Å²) in [5, 5.41) is 0.980. The van der Waals surface area contributed by atoms with Crippen LogP contribution in [0.2, 0.25) is 0 Å². The molecule has 0 fully saturated rings. The maximum atomic E-state index is 13.4. The molecule has 84 valence electrons. The number of benzene rings is 1. The van der Waals surface area contributed by atoms with Crippen LogP contribution in [0.3, 0.4) is 0 Å². The molecule has 0 saturated carbocycles. The van der Waals surface area contributed by atoms with Crippen molar-refractivity contribution in [2.45, 2.75) is 26.2 Å². The summed E-state index contributed by atoms with van der Waals surface area (Å²) in [5.41, 5.74) is 0.715. The van der Waals surface area contributed by atoms with E-state index in [1.165, 1.54) is 10.9 Å². The third kappa shape index (κ3) is 2.47. The van der Waals surface area contributed by atoms with Gasteiger partial charge in [0, 0.05) is 17.5 Å². The maximum Gasteiger partial charge on any atom is 0.126 e. The highest BCUT2D eigenvalue weighted by atomic mass is 32.1. The summed E-state index contributed by atoms with van der Waals surface area (Å²) in [4.78, 5) is 5.58. The van der Waals surface area contributed by atoms with Crippen molar-refractivity contribution < 1.29 is 4.39 Å². The summed E-state index contributed by atoms with van der Waals surface area (Å²) < 4.78 is 13.4. The van der Waals surface area contributed by atoms with Crippen LogP contribution >= 0.6 is 11.3 Å². The molecule has 0 aliphatic heterocycles. The quantitative estimate of drug-likeness (QED) is 0.783. The normalized spacial score (nSPS) is 11.0.